The Morgan fingerprint density at radius 1 is 1.02 bits per heavy atom. The highest BCUT2D eigenvalue weighted by Gasteiger charge is 2.38. The minimum absolute atomic E-state index is 0.0515. The molecule has 2 rings (SSSR count). The molecule has 1 fully saturated rings. The lowest BCUT2D eigenvalue weighted by molar-refractivity contribution is -0.143. The highest BCUT2D eigenvalue weighted by molar-refractivity contribution is 5.94. The molecule has 9 nitrogen and oxygen atoms in total. The maximum absolute atomic E-state index is 14.2. The van der Waals surface area contributed by atoms with Gasteiger partial charge in [0.05, 0.1) is 6.42 Å². The molecule has 1 aliphatic rings. The molecule has 0 radical (unpaired) electrons. The van der Waals surface area contributed by atoms with Crippen molar-refractivity contribution in [3.8, 4) is 0 Å². The molecule has 224 valence electrons. The third kappa shape index (κ3) is 11.2. The Balaban J connectivity index is 2.47. The quantitative estimate of drug-likeness (QED) is 0.275. The third-order valence-corrected chi connectivity index (χ3v) is 7.17. The lowest BCUT2D eigenvalue weighted by atomic mass is 9.93. The average molecular weight is 559 g/mol. The average Bonchev–Trinajstić information content (AvgIpc) is 2.87. The van der Waals surface area contributed by atoms with Crippen molar-refractivity contribution < 1.29 is 23.9 Å². The summed E-state index contributed by atoms with van der Waals surface area (Å²) in [6.07, 6.45) is 8.60. The Kier molecular flexibility index (Phi) is 13.4. The summed E-state index contributed by atoms with van der Waals surface area (Å²) in [4.78, 5) is 54.4. The van der Waals surface area contributed by atoms with E-state index in [1.165, 1.54) is 4.90 Å². The van der Waals surface area contributed by atoms with Crippen LogP contribution in [0.5, 0.6) is 0 Å². The molecule has 0 aromatic heterocycles. The van der Waals surface area contributed by atoms with Crippen molar-refractivity contribution in [3.05, 3.63) is 35.4 Å². The number of aryl methyl sites for hydroxylation is 1. The van der Waals surface area contributed by atoms with Crippen LogP contribution in [0.2, 0.25) is 0 Å². The van der Waals surface area contributed by atoms with E-state index in [9.17, 15) is 19.2 Å². The van der Waals surface area contributed by atoms with Gasteiger partial charge in [-0.1, -0.05) is 76.1 Å². The third-order valence-electron chi connectivity index (χ3n) is 7.17. The van der Waals surface area contributed by atoms with Crippen LogP contribution >= 0.6 is 0 Å². The van der Waals surface area contributed by atoms with Crippen LogP contribution in [0.15, 0.2) is 24.3 Å². The van der Waals surface area contributed by atoms with Gasteiger partial charge in [0, 0.05) is 12.6 Å². The van der Waals surface area contributed by atoms with Crippen molar-refractivity contribution in [2.45, 2.75) is 129 Å². The number of ether oxygens (including phenoxy) is 1. The van der Waals surface area contributed by atoms with Crippen molar-refractivity contribution in [1.82, 2.24) is 15.5 Å². The van der Waals surface area contributed by atoms with Crippen LogP contribution in [-0.2, 0) is 19.1 Å². The molecule has 0 saturated heterocycles. The zero-order valence-corrected chi connectivity index (χ0v) is 25.1. The molecule has 9 heteroatoms. The SMILES string of the molecule is CCCCCCCN(C(=O)C(CC(N)=O)NC(=O)OC(C)(C)C)C(C(=O)NC1CCCCC1)c1ccccc1C. The van der Waals surface area contributed by atoms with E-state index in [2.05, 4.69) is 17.6 Å². The molecule has 0 bridgehead atoms. The molecule has 2 unspecified atom stereocenters. The number of amides is 4. The molecule has 1 aromatic rings. The van der Waals surface area contributed by atoms with Crippen molar-refractivity contribution in [3.63, 3.8) is 0 Å². The Bertz CT molecular complexity index is 984. The topological polar surface area (TPSA) is 131 Å². The molecule has 40 heavy (non-hydrogen) atoms. The fourth-order valence-corrected chi connectivity index (χ4v) is 5.17. The number of primary amides is 1. The van der Waals surface area contributed by atoms with Crippen LogP contribution in [0, 0.1) is 6.92 Å². The standard InChI is InChI=1S/C31H50N4O5/c1-6-7-8-9-15-20-35(29(38)25(21-26(32)36)34-30(39)40-31(3,4)5)27(24-19-14-13-16-22(24)2)28(37)33-23-17-11-10-12-18-23/h13-14,16,19,23,25,27H,6-12,15,17-18,20-21H2,1-5H3,(H2,32,36)(H,33,37)(H,34,39). The van der Waals surface area contributed by atoms with Gasteiger partial charge in [-0.25, -0.2) is 4.79 Å². The van der Waals surface area contributed by atoms with Crippen LogP contribution in [0.25, 0.3) is 0 Å². The van der Waals surface area contributed by atoms with E-state index >= 15 is 0 Å². The van der Waals surface area contributed by atoms with Gasteiger partial charge in [0.25, 0.3) is 0 Å². The number of carbonyl (C=O) groups excluding carboxylic acids is 4. The maximum atomic E-state index is 14.2. The van der Waals surface area contributed by atoms with E-state index in [0.717, 1.165) is 63.4 Å². The zero-order chi connectivity index (χ0) is 29.7. The second kappa shape index (κ2) is 16.2. The summed E-state index contributed by atoms with van der Waals surface area (Å²) in [5, 5.41) is 5.76. The van der Waals surface area contributed by atoms with Gasteiger partial charge in [0.1, 0.15) is 17.7 Å². The minimum Gasteiger partial charge on any atom is -0.444 e. The zero-order valence-electron chi connectivity index (χ0n) is 25.1. The van der Waals surface area contributed by atoms with Crippen LogP contribution in [0.4, 0.5) is 4.79 Å². The van der Waals surface area contributed by atoms with E-state index in [4.69, 9.17) is 10.5 Å². The van der Waals surface area contributed by atoms with E-state index in [1.807, 2.05) is 31.2 Å². The lowest BCUT2D eigenvalue weighted by Gasteiger charge is -2.36. The first-order valence-corrected chi connectivity index (χ1v) is 14.9. The fourth-order valence-electron chi connectivity index (χ4n) is 5.17. The molecule has 4 amide bonds. The van der Waals surface area contributed by atoms with E-state index in [1.54, 1.807) is 20.8 Å². The first kappa shape index (κ1) is 33.1. The molecule has 1 aliphatic carbocycles. The number of carbonyl (C=O) groups is 4. The maximum Gasteiger partial charge on any atom is 0.408 e. The van der Waals surface area contributed by atoms with Gasteiger partial charge in [-0.15, -0.1) is 0 Å². The Morgan fingerprint density at radius 2 is 1.68 bits per heavy atom. The Morgan fingerprint density at radius 3 is 2.27 bits per heavy atom. The first-order valence-electron chi connectivity index (χ1n) is 14.9. The van der Waals surface area contributed by atoms with E-state index < -0.39 is 42.0 Å². The number of nitrogens with zero attached hydrogens (tertiary/aromatic N) is 1. The normalized spacial score (nSPS) is 15.5. The van der Waals surface area contributed by atoms with E-state index in [-0.39, 0.29) is 11.9 Å². The number of rotatable bonds is 14. The highest BCUT2D eigenvalue weighted by atomic mass is 16.6. The number of hydrogen-bond acceptors (Lipinski definition) is 5. The summed E-state index contributed by atoms with van der Waals surface area (Å²) in [5.41, 5.74) is 6.30. The molecule has 0 spiro atoms. The summed E-state index contributed by atoms with van der Waals surface area (Å²) in [6.45, 7) is 9.49. The Hall–Kier alpha value is -3.10. The molecule has 1 saturated carbocycles. The summed E-state index contributed by atoms with van der Waals surface area (Å²) in [6, 6.07) is 5.39. The number of nitrogens with two attached hydrogens (primary N) is 1. The van der Waals surface area contributed by atoms with Crippen LogP contribution in [-0.4, -0.2) is 52.9 Å². The van der Waals surface area contributed by atoms with Crippen molar-refractivity contribution in [2.24, 2.45) is 5.73 Å². The predicted molar refractivity (Wildman–Crippen MR) is 156 cm³/mol. The van der Waals surface area contributed by atoms with Gasteiger partial charge in [-0.3, -0.25) is 14.4 Å². The molecule has 1 aromatic carbocycles. The van der Waals surface area contributed by atoms with Gasteiger partial charge < -0.3 is 26.0 Å². The second-order valence-electron chi connectivity index (χ2n) is 11.9. The molecular weight excluding hydrogens is 508 g/mol. The van der Waals surface area contributed by atoms with Crippen LogP contribution in [0.3, 0.4) is 0 Å². The monoisotopic (exact) mass is 558 g/mol. The Labute approximate surface area is 240 Å². The van der Waals surface area contributed by atoms with Crippen LogP contribution < -0.4 is 16.4 Å². The predicted octanol–water partition coefficient (Wildman–Crippen LogP) is 5.05. The summed E-state index contributed by atoms with van der Waals surface area (Å²) < 4.78 is 5.37. The summed E-state index contributed by atoms with van der Waals surface area (Å²) >= 11 is 0. The molecule has 4 N–H and O–H groups in total. The number of benzene rings is 1. The first-order chi connectivity index (χ1) is 18.9. The van der Waals surface area contributed by atoms with Gasteiger partial charge in [-0.2, -0.15) is 0 Å². The lowest BCUT2D eigenvalue weighted by Crippen LogP contribution is -2.55. The van der Waals surface area contributed by atoms with Crippen molar-refractivity contribution in [1.29, 1.82) is 0 Å². The number of hydrogen-bond donors (Lipinski definition) is 3. The number of nitrogens with one attached hydrogen (secondary N) is 2. The molecular formula is C31H50N4O5. The molecule has 0 aliphatic heterocycles. The second-order valence-corrected chi connectivity index (χ2v) is 11.9. The minimum atomic E-state index is -1.27. The summed E-state index contributed by atoms with van der Waals surface area (Å²) in [5.74, 6) is -1.53. The van der Waals surface area contributed by atoms with Crippen LogP contribution in [0.1, 0.15) is 115 Å². The van der Waals surface area contributed by atoms with Gasteiger partial charge in [0.15, 0.2) is 0 Å². The van der Waals surface area contributed by atoms with Gasteiger partial charge in [-0.05, 0) is 58.1 Å². The molecule has 2 atom stereocenters. The number of alkyl carbamates (subject to hydrolysis) is 1. The fraction of sp³-hybridized carbons (Fsp3) is 0.677. The smallest absolute Gasteiger partial charge is 0.408 e. The number of unbranched alkanes of at least 4 members (excludes halogenated alkanes) is 4. The van der Waals surface area contributed by atoms with Crippen molar-refractivity contribution in [2.75, 3.05) is 6.54 Å². The van der Waals surface area contributed by atoms with Gasteiger partial charge >= 0.3 is 6.09 Å². The largest absolute Gasteiger partial charge is 0.444 e. The van der Waals surface area contributed by atoms with Crippen molar-refractivity contribution >= 4 is 23.8 Å². The molecule has 0 heterocycles. The summed E-state index contributed by atoms with van der Waals surface area (Å²) in [7, 11) is 0. The van der Waals surface area contributed by atoms with Gasteiger partial charge in [0.2, 0.25) is 17.7 Å². The highest BCUT2D eigenvalue weighted by Crippen LogP contribution is 2.28. The van der Waals surface area contributed by atoms with E-state index in [0.29, 0.717) is 18.5 Å².